The van der Waals surface area contributed by atoms with Gasteiger partial charge in [0.1, 0.15) is 6.54 Å². The summed E-state index contributed by atoms with van der Waals surface area (Å²) in [6.45, 7) is 1.36. The number of rotatable bonds is 7. The number of halogens is 1. The number of hydrazone groups is 1. The number of amides is 1. The van der Waals surface area contributed by atoms with E-state index < -0.39 is 22.5 Å². The van der Waals surface area contributed by atoms with E-state index in [1.54, 1.807) is 42.6 Å². The third kappa shape index (κ3) is 4.59. The number of hydrogen-bond acceptors (Lipinski definition) is 4. The summed E-state index contributed by atoms with van der Waals surface area (Å²) in [7, 11) is -4.03. The van der Waals surface area contributed by atoms with Crippen LogP contribution in [0.3, 0.4) is 0 Å². The van der Waals surface area contributed by atoms with Crippen LogP contribution in [0.1, 0.15) is 22.3 Å². The second-order valence-corrected chi connectivity index (χ2v) is 11.0. The molecule has 8 heteroatoms. The first-order valence-electron chi connectivity index (χ1n) is 11.5. The van der Waals surface area contributed by atoms with Crippen LogP contribution in [0.25, 0.3) is 10.8 Å². The lowest BCUT2D eigenvalue weighted by Crippen LogP contribution is -2.39. The standard InChI is InChI=1S/C28H24ClN3O3S/c1-19-10-15-23(16-26(19)29)32(36(34,35)24-7-3-2-4-8-24)18-27(33)31-30-17-22-14-13-21-12-11-20-6-5-9-25(22)28(20)21/h2-10,13-17H,11-12,18H2,1H3,(H,31,33)/b30-17+. The molecule has 4 aromatic carbocycles. The van der Waals surface area contributed by atoms with Gasteiger partial charge in [-0.05, 0) is 71.5 Å². The number of benzene rings is 4. The molecule has 0 unspecified atom stereocenters. The molecule has 0 aliphatic heterocycles. The first-order chi connectivity index (χ1) is 17.3. The summed E-state index contributed by atoms with van der Waals surface area (Å²) in [5.41, 5.74) is 7.10. The summed E-state index contributed by atoms with van der Waals surface area (Å²) in [5, 5.41) is 6.88. The van der Waals surface area contributed by atoms with Crippen molar-refractivity contribution in [1.82, 2.24) is 5.43 Å². The normalized spacial score (nSPS) is 12.8. The van der Waals surface area contributed by atoms with Crippen LogP contribution < -0.4 is 9.73 Å². The van der Waals surface area contributed by atoms with Crippen molar-refractivity contribution in [2.24, 2.45) is 5.10 Å². The summed E-state index contributed by atoms with van der Waals surface area (Å²) in [5.74, 6) is -0.576. The van der Waals surface area contributed by atoms with E-state index in [-0.39, 0.29) is 4.90 Å². The SMILES string of the molecule is Cc1ccc(N(CC(=O)N/N=C/c2ccc3c4c(cccc24)CC3)S(=O)(=O)c2ccccc2)cc1Cl. The van der Waals surface area contributed by atoms with Crippen LogP contribution in [-0.4, -0.2) is 27.1 Å². The summed E-state index contributed by atoms with van der Waals surface area (Å²) in [6.07, 6.45) is 3.65. The van der Waals surface area contributed by atoms with E-state index in [4.69, 9.17) is 11.6 Å². The highest BCUT2D eigenvalue weighted by molar-refractivity contribution is 7.92. The first kappa shape index (κ1) is 24.0. The largest absolute Gasteiger partial charge is 0.271 e. The van der Waals surface area contributed by atoms with Crippen LogP contribution in [0.5, 0.6) is 0 Å². The number of nitrogens with one attached hydrogen (secondary N) is 1. The third-order valence-electron chi connectivity index (χ3n) is 6.37. The van der Waals surface area contributed by atoms with E-state index in [2.05, 4.69) is 22.7 Å². The quantitative estimate of drug-likeness (QED) is 0.269. The van der Waals surface area contributed by atoms with Crippen molar-refractivity contribution >= 4 is 50.2 Å². The molecule has 0 aromatic heterocycles. The molecule has 6 nitrogen and oxygen atoms in total. The lowest BCUT2D eigenvalue weighted by molar-refractivity contribution is -0.119. The van der Waals surface area contributed by atoms with Crippen molar-refractivity contribution in [2.75, 3.05) is 10.8 Å². The molecule has 0 bridgehead atoms. The van der Waals surface area contributed by atoms with Crippen molar-refractivity contribution in [2.45, 2.75) is 24.7 Å². The molecule has 5 rings (SSSR count). The zero-order valence-corrected chi connectivity index (χ0v) is 21.2. The number of carbonyl (C=O) groups is 1. The Kier molecular flexibility index (Phi) is 6.51. The average molecular weight is 518 g/mol. The number of aryl methyl sites for hydroxylation is 3. The summed E-state index contributed by atoms with van der Waals surface area (Å²) in [6, 6.07) is 23.2. The number of nitrogens with zero attached hydrogens (tertiary/aromatic N) is 2. The van der Waals surface area contributed by atoms with E-state index in [0.29, 0.717) is 10.7 Å². The van der Waals surface area contributed by atoms with Gasteiger partial charge in [-0.15, -0.1) is 0 Å². The van der Waals surface area contributed by atoms with Crippen LogP contribution in [0.4, 0.5) is 5.69 Å². The van der Waals surface area contributed by atoms with Crippen LogP contribution in [-0.2, 0) is 27.7 Å². The highest BCUT2D eigenvalue weighted by atomic mass is 35.5. The van der Waals surface area contributed by atoms with Crippen LogP contribution in [0.2, 0.25) is 5.02 Å². The highest BCUT2D eigenvalue weighted by Gasteiger charge is 2.27. The predicted octanol–water partition coefficient (Wildman–Crippen LogP) is 5.25. The molecule has 0 saturated carbocycles. The van der Waals surface area contributed by atoms with Gasteiger partial charge in [-0.1, -0.05) is 66.2 Å². The molecule has 0 atom stereocenters. The Morgan fingerprint density at radius 2 is 1.75 bits per heavy atom. The van der Waals surface area contributed by atoms with Gasteiger partial charge in [-0.25, -0.2) is 13.8 Å². The predicted molar refractivity (Wildman–Crippen MR) is 144 cm³/mol. The Bertz CT molecular complexity index is 1590. The molecule has 0 radical (unpaired) electrons. The van der Waals surface area contributed by atoms with E-state index in [1.165, 1.54) is 28.6 Å². The van der Waals surface area contributed by atoms with Gasteiger partial charge in [0.05, 0.1) is 16.8 Å². The lowest BCUT2D eigenvalue weighted by Gasteiger charge is -2.24. The minimum Gasteiger partial charge on any atom is -0.271 e. The fourth-order valence-electron chi connectivity index (χ4n) is 4.49. The zero-order valence-electron chi connectivity index (χ0n) is 19.6. The molecule has 0 spiro atoms. The molecule has 182 valence electrons. The van der Waals surface area contributed by atoms with Gasteiger partial charge in [0.2, 0.25) is 0 Å². The van der Waals surface area contributed by atoms with Crippen LogP contribution >= 0.6 is 11.6 Å². The molecule has 1 aliphatic rings. The Hall–Kier alpha value is -3.68. The van der Waals surface area contributed by atoms with Gasteiger partial charge in [0.15, 0.2) is 0 Å². The molecule has 0 heterocycles. The Morgan fingerprint density at radius 1 is 1.00 bits per heavy atom. The number of hydrogen-bond donors (Lipinski definition) is 1. The number of sulfonamides is 1. The molecule has 0 fully saturated rings. The maximum Gasteiger partial charge on any atom is 0.264 e. The van der Waals surface area contributed by atoms with Crippen molar-refractivity contribution in [1.29, 1.82) is 0 Å². The fourth-order valence-corrected chi connectivity index (χ4v) is 6.10. The van der Waals surface area contributed by atoms with Crippen molar-refractivity contribution in [3.05, 3.63) is 106 Å². The van der Waals surface area contributed by atoms with Gasteiger partial charge in [0.25, 0.3) is 15.9 Å². The van der Waals surface area contributed by atoms with E-state index in [1.807, 2.05) is 25.1 Å². The smallest absolute Gasteiger partial charge is 0.264 e. The van der Waals surface area contributed by atoms with Gasteiger partial charge in [-0.2, -0.15) is 5.10 Å². The third-order valence-corrected chi connectivity index (χ3v) is 8.56. The van der Waals surface area contributed by atoms with Gasteiger partial charge in [0, 0.05) is 10.6 Å². The monoisotopic (exact) mass is 517 g/mol. The Balaban J connectivity index is 1.40. The van der Waals surface area contributed by atoms with E-state index in [9.17, 15) is 13.2 Å². The second kappa shape index (κ2) is 9.76. The summed E-state index contributed by atoms with van der Waals surface area (Å²) >= 11 is 6.27. The maximum atomic E-state index is 13.4. The fraction of sp³-hybridized carbons (Fsp3) is 0.143. The molecule has 1 N–H and O–H groups in total. The number of carbonyl (C=O) groups excluding carboxylic acids is 1. The van der Waals surface area contributed by atoms with Crippen molar-refractivity contribution in [3.63, 3.8) is 0 Å². The molecule has 1 amide bonds. The highest BCUT2D eigenvalue weighted by Crippen LogP contribution is 2.32. The molecule has 36 heavy (non-hydrogen) atoms. The Labute approximate surface area is 215 Å². The molecule has 4 aromatic rings. The minimum atomic E-state index is -4.03. The van der Waals surface area contributed by atoms with Crippen molar-refractivity contribution < 1.29 is 13.2 Å². The molecule has 1 aliphatic carbocycles. The van der Waals surface area contributed by atoms with E-state index in [0.717, 1.165) is 33.7 Å². The van der Waals surface area contributed by atoms with Gasteiger partial charge < -0.3 is 0 Å². The second-order valence-electron chi connectivity index (χ2n) is 8.71. The van der Waals surface area contributed by atoms with Crippen LogP contribution in [0, 0.1) is 6.92 Å². The summed E-state index contributed by atoms with van der Waals surface area (Å²) < 4.78 is 27.9. The topological polar surface area (TPSA) is 78.8 Å². The first-order valence-corrected chi connectivity index (χ1v) is 13.4. The van der Waals surface area contributed by atoms with Gasteiger partial charge >= 0.3 is 0 Å². The maximum absolute atomic E-state index is 13.4. The average Bonchev–Trinajstić information content (AvgIpc) is 3.31. The molecular weight excluding hydrogens is 494 g/mol. The molecule has 0 saturated heterocycles. The lowest BCUT2D eigenvalue weighted by atomic mass is 10.0. The molecular formula is C28H24ClN3O3S. The zero-order chi connectivity index (χ0) is 25.3. The Morgan fingerprint density at radius 3 is 2.50 bits per heavy atom. The van der Waals surface area contributed by atoms with E-state index >= 15 is 0 Å². The van der Waals surface area contributed by atoms with Gasteiger partial charge in [-0.3, -0.25) is 9.10 Å². The van der Waals surface area contributed by atoms with Crippen LogP contribution in [0.15, 0.2) is 88.9 Å². The summed E-state index contributed by atoms with van der Waals surface area (Å²) in [4.78, 5) is 12.9. The minimum absolute atomic E-state index is 0.0749. The number of anilines is 1. The van der Waals surface area contributed by atoms with Crippen molar-refractivity contribution in [3.8, 4) is 0 Å².